The second-order valence-corrected chi connectivity index (χ2v) is 8.47. The van der Waals surface area contributed by atoms with Gasteiger partial charge in [0.15, 0.2) is 11.6 Å². The molecule has 0 atom stereocenters. The highest BCUT2D eigenvalue weighted by atomic mass is 35.5. The van der Waals surface area contributed by atoms with Gasteiger partial charge in [-0.05, 0) is 36.2 Å². The first-order valence-corrected chi connectivity index (χ1v) is 11.2. The molecule has 0 fully saturated rings. The largest absolute Gasteiger partial charge is 0.453 e. The van der Waals surface area contributed by atoms with Gasteiger partial charge in [-0.25, -0.2) is 4.39 Å². The Morgan fingerprint density at radius 3 is 2.70 bits per heavy atom. The summed E-state index contributed by atoms with van der Waals surface area (Å²) in [6.07, 6.45) is 1.64. The van der Waals surface area contributed by atoms with Gasteiger partial charge in [-0.15, -0.1) is 0 Å². The second-order valence-electron chi connectivity index (χ2n) is 7.63. The van der Waals surface area contributed by atoms with Gasteiger partial charge in [0.25, 0.3) is 5.91 Å². The minimum absolute atomic E-state index is 0.0448. The van der Waals surface area contributed by atoms with Crippen molar-refractivity contribution in [1.29, 1.82) is 0 Å². The zero-order valence-corrected chi connectivity index (χ0v) is 19.4. The van der Waals surface area contributed by atoms with E-state index in [1.807, 2.05) is 24.3 Å². The van der Waals surface area contributed by atoms with E-state index in [0.29, 0.717) is 16.4 Å². The summed E-state index contributed by atoms with van der Waals surface area (Å²) in [5.41, 5.74) is 8.70. The van der Waals surface area contributed by atoms with Crippen LogP contribution in [0.5, 0.6) is 11.5 Å². The van der Waals surface area contributed by atoms with Crippen LogP contribution in [0, 0.1) is 5.82 Å². The third-order valence-electron chi connectivity index (χ3n) is 5.22. The van der Waals surface area contributed by atoms with E-state index in [-0.39, 0.29) is 34.5 Å². The molecule has 3 aromatic carbocycles. The fourth-order valence-electron chi connectivity index (χ4n) is 3.73. The van der Waals surface area contributed by atoms with Crippen molar-refractivity contribution in [2.45, 2.75) is 26.3 Å². The summed E-state index contributed by atoms with van der Waals surface area (Å²) in [5, 5.41) is 4.25. The summed E-state index contributed by atoms with van der Waals surface area (Å²) in [7, 11) is 0. The zero-order chi connectivity index (χ0) is 23.5. The summed E-state index contributed by atoms with van der Waals surface area (Å²) in [4.78, 5) is 16.1. The second kappa shape index (κ2) is 9.73. The van der Waals surface area contributed by atoms with Crippen LogP contribution in [-0.4, -0.2) is 10.9 Å². The molecule has 5 nitrogen and oxygen atoms in total. The number of H-pyrrole nitrogens is 1. The molecule has 1 amide bonds. The molecule has 4 N–H and O–H groups in total. The van der Waals surface area contributed by atoms with Crippen LogP contribution in [0.25, 0.3) is 10.9 Å². The number of carbonyl (C=O) groups excluding carboxylic acids is 1. The van der Waals surface area contributed by atoms with E-state index in [4.69, 9.17) is 33.7 Å². The Bertz CT molecular complexity index is 1320. The fourth-order valence-corrected chi connectivity index (χ4v) is 4.15. The number of hydrogen-bond acceptors (Lipinski definition) is 3. The number of ether oxygens (including phenoxy) is 1. The van der Waals surface area contributed by atoms with Crippen LogP contribution in [0.4, 0.5) is 10.1 Å². The number of fused-ring (bicyclic) bond motifs is 1. The smallest absolute Gasteiger partial charge is 0.268 e. The van der Waals surface area contributed by atoms with Crippen LogP contribution in [-0.2, 0) is 13.0 Å². The van der Waals surface area contributed by atoms with Gasteiger partial charge in [0.05, 0.1) is 5.02 Å². The van der Waals surface area contributed by atoms with Crippen LogP contribution in [0.1, 0.15) is 35.0 Å². The Hall–Kier alpha value is -3.22. The maximum absolute atomic E-state index is 15.2. The molecule has 33 heavy (non-hydrogen) atoms. The van der Waals surface area contributed by atoms with Crippen LogP contribution >= 0.6 is 23.2 Å². The van der Waals surface area contributed by atoms with E-state index in [2.05, 4.69) is 17.2 Å². The highest BCUT2D eigenvalue weighted by Crippen LogP contribution is 2.35. The van der Waals surface area contributed by atoms with E-state index in [0.717, 1.165) is 29.3 Å². The predicted molar refractivity (Wildman–Crippen MR) is 131 cm³/mol. The molecule has 4 aromatic rings. The summed E-state index contributed by atoms with van der Waals surface area (Å²) < 4.78 is 20.8. The van der Waals surface area contributed by atoms with Crippen molar-refractivity contribution in [3.05, 3.63) is 87.3 Å². The van der Waals surface area contributed by atoms with Crippen molar-refractivity contribution in [2.24, 2.45) is 0 Å². The Balaban J connectivity index is 1.57. The zero-order valence-electron chi connectivity index (χ0n) is 17.8. The van der Waals surface area contributed by atoms with Gasteiger partial charge < -0.3 is 20.8 Å². The fraction of sp³-hybridized carbons (Fsp3) is 0.160. The molecule has 0 aliphatic rings. The van der Waals surface area contributed by atoms with Gasteiger partial charge in [0, 0.05) is 39.8 Å². The van der Waals surface area contributed by atoms with Gasteiger partial charge >= 0.3 is 0 Å². The van der Waals surface area contributed by atoms with Crippen molar-refractivity contribution in [1.82, 2.24) is 10.3 Å². The lowest BCUT2D eigenvalue weighted by atomic mass is 10.1. The van der Waals surface area contributed by atoms with Gasteiger partial charge in [-0.2, -0.15) is 0 Å². The van der Waals surface area contributed by atoms with E-state index in [1.54, 1.807) is 6.07 Å². The molecule has 0 aliphatic carbocycles. The molecular formula is C25H22Cl2FN3O2. The number of para-hydroxylation sites is 1. The number of aromatic nitrogens is 1. The molecule has 1 aromatic heterocycles. The molecule has 0 spiro atoms. The van der Waals surface area contributed by atoms with Crippen molar-refractivity contribution in [2.75, 3.05) is 5.73 Å². The van der Waals surface area contributed by atoms with Crippen molar-refractivity contribution >= 4 is 45.7 Å². The maximum Gasteiger partial charge on any atom is 0.268 e. The SMILES string of the molecule is CCCc1c(C(=O)NCc2ccc(Cl)c(Oc3cc(N)cc(Cl)c3)c2F)[nH]c2ccccc12. The van der Waals surface area contributed by atoms with E-state index >= 15 is 4.39 Å². The molecule has 8 heteroatoms. The number of amides is 1. The summed E-state index contributed by atoms with van der Waals surface area (Å²) >= 11 is 12.2. The highest BCUT2D eigenvalue weighted by Gasteiger charge is 2.19. The van der Waals surface area contributed by atoms with Gasteiger partial charge in [0.2, 0.25) is 0 Å². The molecular weight excluding hydrogens is 464 g/mol. The Labute approximate surface area is 200 Å². The summed E-state index contributed by atoms with van der Waals surface area (Å²) in [6, 6.07) is 15.4. The Kier molecular flexibility index (Phi) is 6.77. The number of benzene rings is 3. The quantitative estimate of drug-likeness (QED) is 0.250. The molecule has 0 bridgehead atoms. The van der Waals surface area contributed by atoms with Crippen LogP contribution in [0.15, 0.2) is 54.6 Å². The van der Waals surface area contributed by atoms with Gasteiger partial charge in [-0.3, -0.25) is 4.79 Å². The lowest BCUT2D eigenvalue weighted by molar-refractivity contribution is 0.0945. The Morgan fingerprint density at radius 2 is 1.94 bits per heavy atom. The third kappa shape index (κ3) is 4.92. The van der Waals surface area contributed by atoms with E-state index in [9.17, 15) is 4.79 Å². The Morgan fingerprint density at radius 1 is 1.15 bits per heavy atom. The number of rotatable bonds is 7. The number of nitrogens with two attached hydrogens (primary N) is 1. The molecule has 0 unspecified atom stereocenters. The third-order valence-corrected chi connectivity index (χ3v) is 5.74. The minimum Gasteiger partial charge on any atom is -0.453 e. The number of anilines is 1. The first kappa shape index (κ1) is 23.0. The highest BCUT2D eigenvalue weighted by molar-refractivity contribution is 6.32. The normalized spacial score (nSPS) is 11.0. The van der Waals surface area contributed by atoms with Crippen LogP contribution in [0.2, 0.25) is 10.0 Å². The molecule has 0 saturated carbocycles. The first-order valence-electron chi connectivity index (χ1n) is 10.5. The first-order chi connectivity index (χ1) is 15.9. The lowest BCUT2D eigenvalue weighted by Gasteiger charge is -2.13. The number of aryl methyl sites for hydroxylation is 1. The van der Waals surface area contributed by atoms with Crippen molar-refractivity contribution in [3.8, 4) is 11.5 Å². The molecule has 0 radical (unpaired) electrons. The minimum atomic E-state index is -0.674. The number of nitrogens with one attached hydrogen (secondary N) is 2. The number of hydrogen-bond donors (Lipinski definition) is 3. The monoisotopic (exact) mass is 485 g/mol. The number of aromatic amines is 1. The van der Waals surface area contributed by atoms with Crippen molar-refractivity contribution in [3.63, 3.8) is 0 Å². The number of nitrogen functional groups attached to an aromatic ring is 1. The summed E-state index contributed by atoms with van der Waals surface area (Å²) in [6.45, 7) is 2.01. The van der Waals surface area contributed by atoms with E-state index in [1.165, 1.54) is 24.3 Å². The van der Waals surface area contributed by atoms with Gasteiger partial charge in [-0.1, -0.05) is 60.8 Å². The molecule has 4 rings (SSSR count). The van der Waals surface area contributed by atoms with Gasteiger partial charge in [0.1, 0.15) is 11.4 Å². The van der Waals surface area contributed by atoms with Crippen LogP contribution < -0.4 is 15.8 Å². The molecule has 170 valence electrons. The topological polar surface area (TPSA) is 80.1 Å². The predicted octanol–water partition coefficient (Wildman–Crippen LogP) is 6.87. The van der Waals surface area contributed by atoms with E-state index < -0.39 is 5.82 Å². The molecule has 0 saturated heterocycles. The average Bonchev–Trinajstić information content (AvgIpc) is 3.14. The van der Waals surface area contributed by atoms with Crippen LogP contribution in [0.3, 0.4) is 0 Å². The summed E-state index contributed by atoms with van der Waals surface area (Å²) in [5.74, 6) is -0.896. The standard InChI is InChI=1S/C25H22Cl2FN3O2/c1-2-5-19-18-6-3-4-7-21(18)31-23(19)25(32)30-13-14-8-9-20(27)24(22(14)28)33-17-11-15(26)10-16(29)12-17/h3-4,6-12,31H,2,5,13,29H2,1H3,(H,30,32). The maximum atomic E-state index is 15.2. The van der Waals surface area contributed by atoms with Crippen molar-refractivity contribution < 1.29 is 13.9 Å². The molecule has 1 heterocycles. The average molecular weight is 486 g/mol. The molecule has 0 aliphatic heterocycles. The number of halogens is 3. The number of carbonyl (C=O) groups is 1. The lowest BCUT2D eigenvalue weighted by Crippen LogP contribution is -2.24.